The second-order valence-corrected chi connectivity index (χ2v) is 5.90. The van der Waals surface area contributed by atoms with Crippen molar-refractivity contribution in [2.75, 3.05) is 5.75 Å². The smallest absolute Gasteiger partial charge is 0.156 e. The molecule has 9 heavy (non-hydrogen) atoms. The maximum absolute atomic E-state index is 11.0. The predicted molar refractivity (Wildman–Crippen MR) is 37.0 cm³/mol. The van der Waals surface area contributed by atoms with Crippen LogP contribution in [0, 0.1) is 5.92 Å². The molecule has 1 fully saturated rings. The van der Waals surface area contributed by atoms with E-state index in [1.54, 1.807) is 13.8 Å². The largest absolute Gasteiger partial charge is 0.228 e. The maximum Gasteiger partial charge on any atom is 0.156 e. The highest BCUT2D eigenvalue weighted by molar-refractivity contribution is 7.94. The molecule has 1 heterocycles. The maximum atomic E-state index is 11.0. The van der Waals surface area contributed by atoms with Gasteiger partial charge in [-0.05, 0) is 19.8 Å². The lowest BCUT2D eigenvalue weighted by Crippen LogP contribution is -2.53. The van der Waals surface area contributed by atoms with Crippen LogP contribution in [0.3, 0.4) is 0 Å². The molecule has 0 N–H and O–H groups in total. The van der Waals surface area contributed by atoms with Crippen LogP contribution in [0.25, 0.3) is 0 Å². The van der Waals surface area contributed by atoms with E-state index in [0.29, 0.717) is 11.7 Å². The first-order chi connectivity index (χ1) is 3.88. The molecule has 1 atom stereocenters. The van der Waals surface area contributed by atoms with Crippen molar-refractivity contribution in [2.45, 2.75) is 25.5 Å². The minimum Gasteiger partial charge on any atom is -0.228 e. The first kappa shape index (κ1) is 7.06. The summed E-state index contributed by atoms with van der Waals surface area (Å²) in [5.74, 6) is 0.711. The number of sulfone groups is 1. The van der Waals surface area contributed by atoms with Gasteiger partial charge < -0.3 is 0 Å². The molecule has 1 saturated heterocycles. The lowest BCUT2D eigenvalue weighted by atomic mass is 9.98. The topological polar surface area (TPSA) is 34.1 Å². The van der Waals surface area contributed by atoms with E-state index in [2.05, 4.69) is 0 Å². The van der Waals surface area contributed by atoms with Crippen LogP contribution >= 0.6 is 0 Å². The van der Waals surface area contributed by atoms with Gasteiger partial charge in [0.25, 0.3) is 0 Å². The van der Waals surface area contributed by atoms with Crippen LogP contribution in [0.1, 0.15) is 20.8 Å². The van der Waals surface area contributed by atoms with Gasteiger partial charge in [0, 0.05) is 0 Å². The summed E-state index contributed by atoms with van der Waals surface area (Å²) in [6.07, 6.45) is 0. The summed E-state index contributed by atoms with van der Waals surface area (Å²) in [6.45, 7) is 5.55. The van der Waals surface area contributed by atoms with Crippen molar-refractivity contribution >= 4 is 9.84 Å². The molecule has 1 aliphatic heterocycles. The predicted octanol–water partition coefficient (Wildman–Crippen LogP) is 0.830. The summed E-state index contributed by atoms with van der Waals surface area (Å²) in [4.78, 5) is 0. The van der Waals surface area contributed by atoms with Crippen molar-refractivity contribution in [3.05, 3.63) is 0 Å². The summed E-state index contributed by atoms with van der Waals surface area (Å²) in [7, 11) is -2.71. The van der Waals surface area contributed by atoms with E-state index in [-0.39, 0.29) is 0 Å². The van der Waals surface area contributed by atoms with Gasteiger partial charge in [0.15, 0.2) is 9.84 Å². The molecule has 1 unspecified atom stereocenters. The van der Waals surface area contributed by atoms with Crippen LogP contribution in [0.2, 0.25) is 0 Å². The normalized spacial score (nSPS) is 37.4. The highest BCUT2D eigenvalue weighted by atomic mass is 32.2. The zero-order valence-electron chi connectivity index (χ0n) is 6.01. The van der Waals surface area contributed by atoms with Crippen molar-refractivity contribution in [2.24, 2.45) is 5.92 Å². The Bertz CT molecular complexity index is 213. The Labute approximate surface area is 56.2 Å². The van der Waals surface area contributed by atoms with Gasteiger partial charge in [-0.1, -0.05) is 6.92 Å². The van der Waals surface area contributed by atoms with Gasteiger partial charge >= 0.3 is 0 Å². The average Bonchev–Trinajstić information content (AvgIpc) is 1.65. The van der Waals surface area contributed by atoms with Gasteiger partial charge in [0.2, 0.25) is 0 Å². The van der Waals surface area contributed by atoms with Crippen LogP contribution < -0.4 is 0 Å². The fourth-order valence-corrected chi connectivity index (χ4v) is 2.86. The number of hydrogen-bond acceptors (Lipinski definition) is 2. The van der Waals surface area contributed by atoms with Gasteiger partial charge in [-0.25, -0.2) is 8.42 Å². The molecule has 2 nitrogen and oxygen atoms in total. The highest BCUT2D eigenvalue weighted by Gasteiger charge is 2.50. The van der Waals surface area contributed by atoms with E-state index in [1.807, 2.05) is 6.92 Å². The van der Waals surface area contributed by atoms with Crippen LogP contribution in [0.15, 0.2) is 0 Å². The molecule has 1 aliphatic rings. The molecule has 0 aliphatic carbocycles. The summed E-state index contributed by atoms with van der Waals surface area (Å²) in [5.41, 5.74) is 0. The molecule has 0 spiro atoms. The lowest BCUT2D eigenvalue weighted by molar-refractivity contribution is 0.399. The molecule has 54 valence electrons. The van der Waals surface area contributed by atoms with Crippen LogP contribution in [-0.4, -0.2) is 18.9 Å². The zero-order chi connectivity index (χ0) is 7.28. The van der Waals surface area contributed by atoms with E-state index in [4.69, 9.17) is 0 Å². The summed E-state index contributed by atoms with van der Waals surface area (Å²) >= 11 is 0. The minimum atomic E-state index is -2.71. The molecule has 0 amide bonds. The Morgan fingerprint density at radius 3 is 1.89 bits per heavy atom. The Morgan fingerprint density at radius 1 is 1.44 bits per heavy atom. The first-order valence-electron chi connectivity index (χ1n) is 3.10. The van der Waals surface area contributed by atoms with Crippen molar-refractivity contribution in [1.29, 1.82) is 0 Å². The third kappa shape index (κ3) is 0.707. The van der Waals surface area contributed by atoms with Crippen LogP contribution in [0.4, 0.5) is 0 Å². The zero-order valence-corrected chi connectivity index (χ0v) is 6.83. The molecule has 0 bridgehead atoms. The molecule has 0 aromatic rings. The van der Waals surface area contributed by atoms with E-state index in [9.17, 15) is 8.42 Å². The summed E-state index contributed by atoms with van der Waals surface area (Å²) < 4.78 is 21.4. The molecule has 0 saturated carbocycles. The van der Waals surface area contributed by atoms with E-state index in [1.165, 1.54) is 0 Å². The van der Waals surface area contributed by atoms with Gasteiger partial charge in [-0.2, -0.15) is 0 Å². The highest BCUT2D eigenvalue weighted by Crippen LogP contribution is 2.38. The third-order valence-corrected chi connectivity index (χ3v) is 5.40. The number of hydrogen-bond donors (Lipinski definition) is 0. The van der Waals surface area contributed by atoms with E-state index in [0.717, 1.165) is 0 Å². The Balaban J connectivity index is 2.96. The van der Waals surface area contributed by atoms with Gasteiger partial charge in [0.1, 0.15) is 0 Å². The molecular formula is C6H12O2S. The SMILES string of the molecule is CC1CS(=O)(=O)C1(C)C. The lowest BCUT2D eigenvalue weighted by Gasteiger charge is -2.41. The van der Waals surface area contributed by atoms with E-state index < -0.39 is 14.6 Å². The first-order valence-corrected chi connectivity index (χ1v) is 4.75. The molecule has 0 aromatic carbocycles. The van der Waals surface area contributed by atoms with Crippen molar-refractivity contribution in [3.63, 3.8) is 0 Å². The second kappa shape index (κ2) is 1.51. The minimum absolute atomic E-state index is 0.336. The average molecular weight is 148 g/mol. The quantitative estimate of drug-likeness (QED) is 0.510. The van der Waals surface area contributed by atoms with E-state index >= 15 is 0 Å². The van der Waals surface area contributed by atoms with Crippen molar-refractivity contribution in [3.8, 4) is 0 Å². The van der Waals surface area contributed by atoms with Gasteiger partial charge in [-0.15, -0.1) is 0 Å². The Morgan fingerprint density at radius 2 is 1.89 bits per heavy atom. The fourth-order valence-electron chi connectivity index (χ4n) is 0.952. The monoisotopic (exact) mass is 148 g/mol. The molecule has 1 rings (SSSR count). The van der Waals surface area contributed by atoms with Crippen LogP contribution in [-0.2, 0) is 9.84 Å². The Hall–Kier alpha value is -0.0500. The molecule has 0 aromatic heterocycles. The molecule has 3 heteroatoms. The fraction of sp³-hybridized carbons (Fsp3) is 1.00. The summed E-state index contributed by atoms with van der Waals surface area (Å²) in [6, 6.07) is 0. The van der Waals surface area contributed by atoms with Gasteiger partial charge in [0.05, 0.1) is 10.5 Å². The Kier molecular flexibility index (Phi) is 1.18. The summed E-state index contributed by atoms with van der Waals surface area (Å²) in [5, 5.41) is 0. The number of rotatable bonds is 0. The molecule has 0 radical (unpaired) electrons. The molecular weight excluding hydrogens is 136 g/mol. The van der Waals surface area contributed by atoms with Crippen molar-refractivity contribution in [1.82, 2.24) is 0 Å². The van der Waals surface area contributed by atoms with Gasteiger partial charge in [-0.3, -0.25) is 0 Å². The van der Waals surface area contributed by atoms with Crippen molar-refractivity contribution < 1.29 is 8.42 Å². The second-order valence-electron chi connectivity index (χ2n) is 3.29. The van der Waals surface area contributed by atoms with Crippen LogP contribution in [0.5, 0.6) is 0 Å². The standard InChI is InChI=1S/C6H12O2S/c1-5-4-9(7,8)6(5,2)3/h5H,4H2,1-3H3. The third-order valence-electron chi connectivity index (χ3n) is 2.46.